The maximum absolute atomic E-state index is 3.47. The van der Waals surface area contributed by atoms with E-state index in [4.69, 9.17) is 0 Å². The predicted octanol–water partition coefficient (Wildman–Crippen LogP) is 0.915. The van der Waals surface area contributed by atoms with E-state index in [2.05, 4.69) is 22.5 Å². The van der Waals surface area contributed by atoms with Gasteiger partial charge in [0.15, 0.2) is 0 Å². The van der Waals surface area contributed by atoms with E-state index in [1.54, 1.807) is 0 Å². The molecule has 0 spiro atoms. The van der Waals surface area contributed by atoms with E-state index in [9.17, 15) is 0 Å². The fraction of sp³-hybridized carbons (Fsp3) is 0.750. The first-order chi connectivity index (χ1) is 4.97. The van der Waals surface area contributed by atoms with Crippen LogP contribution in [0.3, 0.4) is 0 Å². The third kappa shape index (κ3) is 1.03. The molecular formula is C8H14N2. The van der Waals surface area contributed by atoms with E-state index in [1.165, 1.54) is 25.8 Å². The van der Waals surface area contributed by atoms with Gasteiger partial charge in [0, 0.05) is 13.1 Å². The van der Waals surface area contributed by atoms with Crippen LogP contribution in [-0.4, -0.2) is 24.2 Å². The summed E-state index contributed by atoms with van der Waals surface area (Å²) in [6.45, 7) is 2.36. The Balaban J connectivity index is 2.06. The van der Waals surface area contributed by atoms with Crippen molar-refractivity contribution in [2.75, 3.05) is 13.1 Å². The molecule has 2 heteroatoms. The van der Waals surface area contributed by atoms with Crippen molar-refractivity contribution in [2.24, 2.45) is 0 Å². The highest BCUT2D eigenvalue weighted by Crippen LogP contribution is 2.15. The highest BCUT2D eigenvalue weighted by atomic mass is 15.3. The Morgan fingerprint density at radius 1 is 1.50 bits per heavy atom. The highest BCUT2D eigenvalue weighted by Gasteiger charge is 2.20. The zero-order valence-electron chi connectivity index (χ0n) is 6.21. The Bertz CT molecular complexity index is 142. The van der Waals surface area contributed by atoms with Gasteiger partial charge in [-0.2, -0.15) is 0 Å². The predicted molar refractivity (Wildman–Crippen MR) is 41.5 cm³/mol. The number of nitrogens with one attached hydrogen (secondary N) is 1. The summed E-state index contributed by atoms with van der Waals surface area (Å²) >= 11 is 0. The third-order valence-electron chi connectivity index (χ3n) is 2.30. The minimum absolute atomic E-state index is 0.652. The van der Waals surface area contributed by atoms with Crippen molar-refractivity contribution in [1.82, 2.24) is 10.2 Å². The zero-order chi connectivity index (χ0) is 6.81. The van der Waals surface area contributed by atoms with Crippen LogP contribution in [0, 0.1) is 0 Å². The number of fused-ring (bicyclic) bond motifs is 1. The molecule has 1 saturated heterocycles. The van der Waals surface area contributed by atoms with Gasteiger partial charge in [-0.3, -0.25) is 5.32 Å². The molecule has 10 heavy (non-hydrogen) atoms. The molecule has 1 fully saturated rings. The summed E-state index contributed by atoms with van der Waals surface area (Å²) in [5, 5.41) is 3.47. The van der Waals surface area contributed by atoms with Gasteiger partial charge in [0.25, 0.3) is 0 Å². The van der Waals surface area contributed by atoms with Gasteiger partial charge in [-0.25, -0.2) is 0 Å². The SMILES string of the molecule is C1=CN2CCNC2CCC1. The Labute approximate surface area is 61.9 Å². The lowest BCUT2D eigenvalue weighted by Crippen LogP contribution is -2.30. The highest BCUT2D eigenvalue weighted by molar-refractivity contribution is 4.93. The summed E-state index contributed by atoms with van der Waals surface area (Å²) in [6, 6.07) is 0. The summed E-state index contributed by atoms with van der Waals surface area (Å²) in [4.78, 5) is 2.41. The first kappa shape index (κ1) is 6.23. The largest absolute Gasteiger partial charge is 0.361 e. The van der Waals surface area contributed by atoms with Crippen molar-refractivity contribution in [3.63, 3.8) is 0 Å². The zero-order valence-corrected chi connectivity index (χ0v) is 6.21. The van der Waals surface area contributed by atoms with Crippen LogP contribution in [-0.2, 0) is 0 Å². The second kappa shape index (κ2) is 2.62. The van der Waals surface area contributed by atoms with E-state index in [0.717, 1.165) is 6.54 Å². The van der Waals surface area contributed by atoms with Crippen LogP contribution >= 0.6 is 0 Å². The fourth-order valence-electron chi connectivity index (χ4n) is 1.72. The molecule has 2 heterocycles. The number of nitrogens with zero attached hydrogens (tertiary/aromatic N) is 1. The van der Waals surface area contributed by atoms with E-state index < -0.39 is 0 Å². The third-order valence-corrected chi connectivity index (χ3v) is 2.30. The van der Waals surface area contributed by atoms with Crippen molar-refractivity contribution in [1.29, 1.82) is 0 Å². The lowest BCUT2D eigenvalue weighted by atomic mass is 10.2. The van der Waals surface area contributed by atoms with E-state index >= 15 is 0 Å². The molecule has 1 unspecified atom stereocenters. The molecule has 0 amide bonds. The molecule has 0 aliphatic carbocycles. The molecule has 0 aromatic rings. The van der Waals surface area contributed by atoms with Gasteiger partial charge >= 0.3 is 0 Å². The number of rotatable bonds is 0. The monoisotopic (exact) mass is 138 g/mol. The van der Waals surface area contributed by atoms with Gasteiger partial charge in [-0.15, -0.1) is 0 Å². The van der Waals surface area contributed by atoms with Crippen molar-refractivity contribution in [2.45, 2.75) is 25.4 Å². The molecule has 0 radical (unpaired) electrons. The summed E-state index contributed by atoms with van der Waals surface area (Å²) in [7, 11) is 0. The summed E-state index contributed by atoms with van der Waals surface area (Å²) < 4.78 is 0. The molecule has 2 aliphatic heterocycles. The normalized spacial score (nSPS) is 32.0. The Hall–Kier alpha value is -0.500. The van der Waals surface area contributed by atoms with Crippen molar-refractivity contribution < 1.29 is 0 Å². The molecule has 56 valence electrons. The first-order valence-corrected chi connectivity index (χ1v) is 4.12. The molecule has 0 bridgehead atoms. The Morgan fingerprint density at radius 2 is 2.50 bits per heavy atom. The summed E-state index contributed by atoms with van der Waals surface area (Å²) in [5.41, 5.74) is 0. The lowest BCUT2D eigenvalue weighted by molar-refractivity contribution is 0.317. The Morgan fingerprint density at radius 3 is 3.50 bits per heavy atom. The van der Waals surface area contributed by atoms with Crippen molar-refractivity contribution in [3.8, 4) is 0 Å². The average molecular weight is 138 g/mol. The van der Waals surface area contributed by atoms with E-state index in [0.29, 0.717) is 6.17 Å². The molecule has 0 aromatic heterocycles. The second-order valence-corrected chi connectivity index (χ2v) is 3.02. The minimum Gasteiger partial charge on any atom is -0.361 e. The topological polar surface area (TPSA) is 15.3 Å². The number of hydrogen-bond donors (Lipinski definition) is 1. The molecular weight excluding hydrogens is 124 g/mol. The van der Waals surface area contributed by atoms with Crippen LogP contribution in [0.1, 0.15) is 19.3 Å². The summed E-state index contributed by atoms with van der Waals surface area (Å²) in [6.07, 6.45) is 9.09. The van der Waals surface area contributed by atoms with Crippen LogP contribution in [0.2, 0.25) is 0 Å². The average Bonchev–Trinajstić information content (AvgIpc) is 2.28. The number of allylic oxidation sites excluding steroid dienone is 1. The van der Waals surface area contributed by atoms with Gasteiger partial charge in [-0.05, 0) is 25.5 Å². The van der Waals surface area contributed by atoms with Crippen LogP contribution in [0.5, 0.6) is 0 Å². The molecule has 2 aliphatic rings. The molecule has 0 aromatic carbocycles. The molecule has 0 saturated carbocycles. The van der Waals surface area contributed by atoms with E-state index in [1.807, 2.05) is 0 Å². The first-order valence-electron chi connectivity index (χ1n) is 4.12. The number of hydrogen-bond acceptors (Lipinski definition) is 2. The standard InChI is InChI=1S/C8H14N2/c1-2-4-8-9-5-7-10(8)6-3-1/h3,6,8-9H,1-2,4-5,7H2. The smallest absolute Gasteiger partial charge is 0.0791 e. The molecule has 2 rings (SSSR count). The van der Waals surface area contributed by atoms with Crippen LogP contribution in [0.4, 0.5) is 0 Å². The maximum Gasteiger partial charge on any atom is 0.0791 e. The fourth-order valence-corrected chi connectivity index (χ4v) is 1.72. The maximum atomic E-state index is 3.47. The Kier molecular flexibility index (Phi) is 1.63. The summed E-state index contributed by atoms with van der Waals surface area (Å²) in [5.74, 6) is 0. The quantitative estimate of drug-likeness (QED) is 0.535. The van der Waals surface area contributed by atoms with Gasteiger partial charge in [0.05, 0.1) is 6.17 Å². The van der Waals surface area contributed by atoms with Crippen molar-refractivity contribution >= 4 is 0 Å². The molecule has 1 atom stereocenters. The minimum atomic E-state index is 0.652. The molecule has 1 N–H and O–H groups in total. The van der Waals surface area contributed by atoms with Gasteiger partial charge in [0.2, 0.25) is 0 Å². The van der Waals surface area contributed by atoms with Gasteiger partial charge in [0.1, 0.15) is 0 Å². The van der Waals surface area contributed by atoms with Crippen LogP contribution in [0.15, 0.2) is 12.3 Å². The second-order valence-electron chi connectivity index (χ2n) is 3.02. The van der Waals surface area contributed by atoms with Crippen molar-refractivity contribution in [3.05, 3.63) is 12.3 Å². The lowest BCUT2D eigenvalue weighted by Gasteiger charge is -2.19. The molecule has 2 nitrogen and oxygen atoms in total. The van der Waals surface area contributed by atoms with E-state index in [-0.39, 0.29) is 0 Å². The van der Waals surface area contributed by atoms with Crippen LogP contribution < -0.4 is 5.32 Å². The van der Waals surface area contributed by atoms with Crippen LogP contribution in [0.25, 0.3) is 0 Å². The van der Waals surface area contributed by atoms with Gasteiger partial charge < -0.3 is 4.90 Å². The van der Waals surface area contributed by atoms with Gasteiger partial charge in [-0.1, -0.05) is 6.08 Å².